The van der Waals surface area contributed by atoms with Gasteiger partial charge in [0.15, 0.2) is 17.5 Å². The van der Waals surface area contributed by atoms with E-state index in [4.69, 9.17) is 9.26 Å². The Morgan fingerprint density at radius 3 is 2.70 bits per heavy atom. The van der Waals surface area contributed by atoms with Crippen molar-refractivity contribution in [1.82, 2.24) is 15.5 Å². The molecule has 9 heteroatoms. The van der Waals surface area contributed by atoms with Gasteiger partial charge >= 0.3 is 0 Å². The van der Waals surface area contributed by atoms with E-state index in [0.29, 0.717) is 23.2 Å². The predicted molar refractivity (Wildman–Crippen MR) is 88.6 cm³/mol. The fourth-order valence-electron chi connectivity index (χ4n) is 2.37. The van der Waals surface area contributed by atoms with Gasteiger partial charge in [-0.05, 0) is 24.3 Å². The summed E-state index contributed by atoms with van der Waals surface area (Å²) in [6.07, 6.45) is 0.166. The number of carbonyl (C=O) groups is 1. The Kier molecular flexibility index (Phi) is 5.39. The van der Waals surface area contributed by atoms with Crippen molar-refractivity contribution in [1.29, 1.82) is 0 Å². The fourth-order valence-corrected chi connectivity index (χ4v) is 2.37. The van der Waals surface area contributed by atoms with Crippen LogP contribution in [0.2, 0.25) is 0 Å². The van der Waals surface area contributed by atoms with Crippen LogP contribution in [0.25, 0.3) is 11.4 Å². The molecule has 3 rings (SSSR count). The number of nitrogens with one attached hydrogen (secondary N) is 1. The zero-order valence-corrected chi connectivity index (χ0v) is 14.1. The quantitative estimate of drug-likeness (QED) is 0.668. The maximum Gasteiger partial charge on any atom is 0.254 e. The average Bonchev–Trinajstić information content (AvgIpc) is 3.14. The number of benzene rings is 2. The molecule has 0 aliphatic heterocycles. The number of hydrogen-bond donors (Lipinski definition) is 1. The number of amides is 1. The van der Waals surface area contributed by atoms with Crippen LogP contribution in [0, 0.1) is 17.5 Å². The number of halogens is 3. The third kappa shape index (κ3) is 3.91. The summed E-state index contributed by atoms with van der Waals surface area (Å²) >= 11 is 0. The van der Waals surface area contributed by atoms with Crippen LogP contribution < -0.4 is 10.1 Å². The van der Waals surface area contributed by atoms with Gasteiger partial charge in [-0.3, -0.25) is 4.79 Å². The first-order valence-corrected chi connectivity index (χ1v) is 7.89. The van der Waals surface area contributed by atoms with E-state index in [1.165, 1.54) is 7.11 Å². The van der Waals surface area contributed by atoms with Crippen molar-refractivity contribution in [3.8, 4) is 17.1 Å². The van der Waals surface area contributed by atoms with Gasteiger partial charge in [-0.2, -0.15) is 4.98 Å². The zero-order chi connectivity index (χ0) is 19.4. The highest BCUT2D eigenvalue weighted by Crippen LogP contribution is 2.27. The van der Waals surface area contributed by atoms with Crippen LogP contribution in [0.1, 0.15) is 16.2 Å². The second-order valence-electron chi connectivity index (χ2n) is 5.44. The molecule has 0 atom stereocenters. The molecule has 6 nitrogen and oxygen atoms in total. The summed E-state index contributed by atoms with van der Waals surface area (Å²) in [6.45, 7) is 0.0326. The lowest BCUT2D eigenvalue weighted by molar-refractivity contribution is 0.0948. The lowest BCUT2D eigenvalue weighted by atomic mass is 10.2. The summed E-state index contributed by atoms with van der Waals surface area (Å²) in [5, 5.41) is 6.24. The molecular weight excluding hydrogens is 363 g/mol. The summed E-state index contributed by atoms with van der Waals surface area (Å²) in [6, 6.07) is 8.67. The number of rotatable bonds is 6. The third-order valence-corrected chi connectivity index (χ3v) is 3.72. The lowest BCUT2D eigenvalue weighted by Crippen LogP contribution is -2.27. The summed E-state index contributed by atoms with van der Waals surface area (Å²) in [5.41, 5.74) is 0.0528. The van der Waals surface area contributed by atoms with Crippen molar-refractivity contribution < 1.29 is 27.2 Å². The summed E-state index contributed by atoms with van der Waals surface area (Å²) < 4.78 is 50.0. The average molecular weight is 377 g/mol. The number of aromatic nitrogens is 2. The van der Waals surface area contributed by atoms with Gasteiger partial charge in [-0.1, -0.05) is 17.3 Å². The standard InChI is InChI=1S/C18H14F3N3O3/c1-26-13-5-3-2-4-10(13)17-23-14(27-24-17)8-9-22-18(25)11-6-7-12(19)16(21)15(11)20/h2-7H,8-9H2,1H3,(H,22,25). The number of ether oxygens (including phenoxy) is 1. The number of nitrogens with zero attached hydrogens (tertiary/aromatic N) is 2. The van der Waals surface area contributed by atoms with Crippen molar-refractivity contribution in [3.05, 3.63) is 65.3 Å². The Morgan fingerprint density at radius 1 is 1.15 bits per heavy atom. The van der Waals surface area contributed by atoms with E-state index in [-0.39, 0.29) is 18.9 Å². The van der Waals surface area contributed by atoms with Crippen LogP contribution in [-0.4, -0.2) is 29.7 Å². The van der Waals surface area contributed by atoms with Crippen molar-refractivity contribution in [2.24, 2.45) is 0 Å². The maximum atomic E-state index is 13.6. The lowest BCUT2D eigenvalue weighted by Gasteiger charge is -2.05. The molecule has 1 aromatic heterocycles. The highest BCUT2D eigenvalue weighted by molar-refractivity contribution is 5.94. The monoisotopic (exact) mass is 377 g/mol. The first-order chi connectivity index (χ1) is 13.0. The Bertz CT molecular complexity index is 975. The Balaban J connectivity index is 1.63. The van der Waals surface area contributed by atoms with Crippen molar-refractivity contribution in [3.63, 3.8) is 0 Å². The highest BCUT2D eigenvalue weighted by Gasteiger charge is 2.19. The van der Waals surface area contributed by atoms with Crippen molar-refractivity contribution >= 4 is 5.91 Å². The molecular formula is C18H14F3N3O3. The van der Waals surface area contributed by atoms with E-state index < -0.39 is 28.9 Å². The van der Waals surface area contributed by atoms with E-state index in [0.717, 1.165) is 6.07 Å². The molecule has 0 radical (unpaired) electrons. The molecule has 0 aliphatic rings. The minimum absolute atomic E-state index is 0.0326. The van der Waals surface area contributed by atoms with Crippen LogP contribution in [-0.2, 0) is 6.42 Å². The first-order valence-electron chi connectivity index (χ1n) is 7.89. The minimum Gasteiger partial charge on any atom is -0.496 e. The molecule has 0 saturated carbocycles. The maximum absolute atomic E-state index is 13.6. The van der Waals surface area contributed by atoms with Gasteiger partial charge in [0.25, 0.3) is 5.91 Å². The molecule has 0 saturated heterocycles. The molecule has 0 bridgehead atoms. The molecule has 2 aromatic carbocycles. The van der Waals surface area contributed by atoms with Crippen LogP contribution in [0.5, 0.6) is 5.75 Å². The smallest absolute Gasteiger partial charge is 0.254 e. The molecule has 0 fully saturated rings. The van der Waals surface area contributed by atoms with Gasteiger partial charge in [0, 0.05) is 13.0 Å². The zero-order valence-electron chi connectivity index (χ0n) is 14.1. The molecule has 1 amide bonds. The Hall–Kier alpha value is -3.36. The number of carbonyl (C=O) groups excluding carboxylic acids is 1. The van der Waals surface area contributed by atoms with Gasteiger partial charge in [0.2, 0.25) is 11.7 Å². The summed E-state index contributed by atoms with van der Waals surface area (Å²) in [7, 11) is 1.52. The van der Waals surface area contributed by atoms with Crippen LogP contribution in [0.4, 0.5) is 13.2 Å². The summed E-state index contributed by atoms with van der Waals surface area (Å²) in [4.78, 5) is 16.1. The molecule has 0 aliphatic carbocycles. The number of methoxy groups -OCH3 is 1. The Labute approximate surface area is 152 Å². The fraction of sp³-hybridized carbons (Fsp3) is 0.167. The van der Waals surface area contributed by atoms with Crippen LogP contribution in [0.3, 0.4) is 0 Å². The molecule has 1 heterocycles. The van der Waals surface area contributed by atoms with Gasteiger partial charge < -0.3 is 14.6 Å². The SMILES string of the molecule is COc1ccccc1-c1noc(CCNC(=O)c2ccc(F)c(F)c2F)n1. The van der Waals surface area contributed by atoms with Crippen molar-refractivity contribution in [2.45, 2.75) is 6.42 Å². The molecule has 0 unspecified atom stereocenters. The molecule has 0 spiro atoms. The largest absolute Gasteiger partial charge is 0.496 e. The number of para-hydroxylation sites is 1. The Morgan fingerprint density at radius 2 is 1.93 bits per heavy atom. The highest BCUT2D eigenvalue weighted by atomic mass is 19.2. The van der Waals surface area contributed by atoms with E-state index in [1.54, 1.807) is 24.3 Å². The third-order valence-electron chi connectivity index (χ3n) is 3.72. The first kappa shape index (κ1) is 18.4. The van der Waals surface area contributed by atoms with E-state index in [9.17, 15) is 18.0 Å². The topological polar surface area (TPSA) is 77.3 Å². The van der Waals surface area contributed by atoms with E-state index in [1.807, 2.05) is 0 Å². The molecule has 1 N–H and O–H groups in total. The second kappa shape index (κ2) is 7.90. The van der Waals surface area contributed by atoms with E-state index in [2.05, 4.69) is 15.5 Å². The van der Waals surface area contributed by atoms with Crippen LogP contribution >= 0.6 is 0 Å². The molecule has 27 heavy (non-hydrogen) atoms. The van der Waals surface area contributed by atoms with Gasteiger partial charge in [-0.25, -0.2) is 13.2 Å². The van der Waals surface area contributed by atoms with Crippen LogP contribution in [0.15, 0.2) is 40.9 Å². The summed E-state index contributed by atoms with van der Waals surface area (Å²) in [5.74, 6) is -4.34. The van der Waals surface area contributed by atoms with E-state index >= 15 is 0 Å². The van der Waals surface area contributed by atoms with Gasteiger partial charge in [-0.15, -0.1) is 0 Å². The number of hydrogen-bond acceptors (Lipinski definition) is 5. The van der Waals surface area contributed by atoms with Crippen molar-refractivity contribution in [2.75, 3.05) is 13.7 Å². The second-order valence-corrected chi connectivity index (χ2v) is 5.44. The normalized spacial score (nSPS) is 10.7. The molecule has 3 aromatic rings. The minimum atomic E-state index is -1.69. The molecule has 140 valence electrons. The predicted octanol–water partition coefficient (Wildman–Crippen LogP) is 3.14. The van der Waals surface area contributed by atoms with Gasteiger partial charge in [0.05, 0.1) is 18.2 Å². The van der Waals surface area contributed by atoms with Gasteiger partial charge in [0.1, 0.15) is 5.75 Å².